The largest absolute Gasteiger partial charge is 0.462 e. The Balaban J connectivity index is 1.80. The van der Waals surface area contributed by atoms with E-state index in [1.165, 1.54) is 20.0 Å². The van der Waals surface area contributed by atoms with Crippen LogP contribution in [0.4, 0.5) is 0 Å². The van der Waals surface area contributed by atoms with Crippen LogP contribution in [0.25, 0.3) is 0 Å². The molecule has 0 radical (unpaired) electrons. The van der Waals surface area contributed by atoms with Gasteiger partial charge in [0.25, 0.3) is 5.56 Å². The molecule has 1 aromatic carbocycles. The summed E-state index contributed by atoms with van der Waals surface area (Å²) in [6, 6.07) is 8.19. The predicted molar refractivity (Wildman–Crippen MR) is 128 cm³/mol. The minimum atomic E-state index is -4.22. The van der Waals surface area contributed by atoms with Crippen molar-refractivity contribution in [2.45, 2.75) is 63.8 Å². The molecule has 36 heavy (non-hydrogen) atoms. The second-order valence-corrected chi connectivity index (χ2v) is 10.6. The van der Waals surface area contributed by atoms with Crippen LogP contribution < -0.4 is 26.6 Å². The molecule has 0 unspecified atom stereocenters. The number of aromatic amines is 1. The normalized spacial score (nSPS) is 26.4. The molecule has 1 saturated heterocycles. The van der Waals surface area contributed by atoms with Crippen LogP contribution in [-0.2, 0) is 23.4 Å². The highest BCUT2D eigenvalue weighted by Gasteiger charge is 2.52. The van der Waals surface area contributed by atoms with Gasteiger partial charge < -0.3 is 24.8 Å². The Morgan fingerprint density at radius 1 is 1.28 bits per heavy atom. The number of carbonyl (C=O) groups is 1. The molecule has 0 amide bonds. The molecule has 198 valence electrons. The Labute approximate surface area is 207 Å². The van der Waals surface area contributed by atoms with Crippen molar-refractivity contribution in [1.82, 2.24) is 14.6 Å². The lowest BCUT2D eigenvalue weighted by Crippen LogP contribution is -2.53. The Kier molecular flexibility index (Phi) is 8.55. The van der Waals surface area contributed by atoms with Crippen LogP contribution in [0.15, 0.2) is 52.2 Å². The van der Waals surface area contributed by atoms with Gasteiger partial charge in [0.2, 0.25) is 0 Å². The molecule has 5 N–H and O–H groups in total. The molecule has 0 aliphatic carbocycles. The molecule has 1 fully saturated rings. The number of benzene rings is 1. The molecule has 1 aliphatic heterocycles. The summed E-state index contributed by atoms with van der Waals surface area (Å²) in [6.45, 7) is 5.77. The van der Waals surface area contributed by atoms with Gasteiger partial charge in [-0.1, -0.05) is 18.2 Å². The lowest BCUT2D eigenvalue weighted by Gasteiger charge is -2.28. The monoisotopic (exact) mass is 526 g/mol. The summed E-state index contributed by atoms with van der Waals surface area (Å²) in [5.74, 6) is -0.471. The number of hydrogen-bond acceptors (Lipinski definition) is 10. The van der Waals surface area contributed by atoms with Crippen molar-refractivity contribution < 1.29 is 33.0 Å². The SMILES string of the molecule is CC(C)OC(=O)[C@@H](C)N[P@](=O)(OC[C@H]1O[C@@H](n2ccc(=O)[nH]c2=O)[C@](C)(N)[C@@H]1O)Oc1ccccc1. The molecule has 1 aliphatic rings. The second-order valence-electron chi connectivity index (χ2n) is 8.89. The van der Waals surface area contributed by atoms with Gasteiger partial charge in [-0.3, -0.25) is 23.7 Å². The van der Waals surface area contributed by atoms with Gasteiger partial charge in [-0.2, -0.15) is 5.09 Å². The number of carbonyl (C=O) groups excluding carboxylic acids is 1. The minimum absolute atomic E-state index is 0.201. The smallest absolute Gasteiger partial charge is 0.459 e. The molecule has 0 bridgehead atoms. The number of nitrogens with two attached hydrogens (primary N) is 1. The Morgan fingerprint density at radius 3 is 2.56 bits per heavy atom. The third-order valence-electron chi connectivity index (χ3n) is 5.36. The predicted octanol–water partition coefficient (Wildman–Crippen LogP) is 0.646. The van der Waals surface area contributed by atoms with Gasteiger partial charge >= 0.3 is 19.4 Å². The molecule has 3 rings (SSSR count). The van der Waals surface area contributed by atoms with Gasteiger partial charge in [0.15, 0.2) is 6.23 Å². The third kappa shape index (κ3) is 6.49. The van der Waals surface area contributed by atoms with Crippen molar-refractivity contribution in [1.29, 1.82) is 0 Å². The van der Waals surface area contributed by atoms with Crippen LogP contribution in [0.3, 0.4) is 0 Å². The summed E-state index contributed by atoms with van der Waals surface area (Å²) in [4.78, 5) is 38.0. The number of nitrogens with one attached hydrogen (secondary N) is 2. The van der Waals surface area contributed by atoms with Gasteiger partial charge in [0.1, 0.15) is 24.0 Å². The number of ether oxygens (including phenoxy) is 2. The summed E-state index contributed by atoms with van der Waals surface area (Å²) in [5.41, 5.74) is 3.39. The average molecular weight is 526 g/mol. The van der Waals surface area contributed by atoms with E-state index in [4.69, 9.17) is 24.3 Å². The standard InChI is InChI=1S/C22H31N4O9P/c1-13(2)33-19(29)14(3)25-36(31,35-15-8-6-5-7-9-15)32-12-16-18(28)22(4,23)20(34-16)26-11-10-17(27)24-21(26)30/h5-11,13-14,16,18,20,28H,12,23H2,1-4H3,(H,25,31)(H,24,27,30)/t14-,16-,18-,20-,22-,36+/m1/s1. The van der Waals surface area contributed by atoms with Crippen molar-refractivity contribution >= 4 is 13.7 Å². The number of aromatic nitrogens is 2. The fourth-order valence-corrected chi connectivity index (χ4v) is 5.05. The number of para-hydroxylation sites is 1. The maximum Gasteiger partial charge on any atom is 0.459 e. The zero-order chi connectivity index (χ0) is 26.7. The molecular weight excluding hydrogens is 495 g/mol. The molecule has 2 aromatic rings. The first-order valence-corrected chi connectivity index (χ1v) is 12.8. The van der Waals surface area contributed by atoms with Crippen LogP contribution in [0.1, 0.15) is 33.9 Å². The second kappa shape index (κ2) is 11.1. The average Bonchev–Trinajstić information content (AvgIpc) is 3.01. The first kappa shape index (κ1) is 27.8. The van der Waals surface area contributed by atoms with E-state index in [0.717, 1.165) is 10.6 Å². The molecule has 1 aromatic heterocycles. The highest BCUT2D eigenvalue weighted by molar-refractivity contribution is 7.52. The molecule has 0 saturated carbocycles. The summed E-state index contributed by atoms with van der Waals surface area (Å²) in [5, 5.41) is 13.3. The highest BCUT2D eigenvalue weighted by Crippen LogP contribution is 2.46. The Hall–Kier alpha value is -2.80. The first-order valence-electron chi connectivity index (χ1n) is 11.2. The number of H-pyrrole nitrogens is 1. The van der Waals surface area contributed by atoms with Crippen molar-refractivity contribution in [2.75, 3.05) is 6.61 Å². The van der Waals surface area contributed by atoms with E-state index in [0.29, 0.717) is 0 Å². The van der Waals surface area contributed by atoms with Crippen LogP contribution in [0.5, 0.6) is 5.75 Å². The van der Waals surface area contributed by atoms with E-state index in [1.54, 1.807) is 44.2 Å². The van der Waals surface area contributed by atoms with E-state index in [-0.39, 0.29) is 5.75 Å². The molecule has 6 atom stereocenters. The first-order chi connectivity index (χ1) is 16.8. The van der Waals surface area contributed by atoms with Crippen LogP contribution in [0.2, 0.25) is 0 Å². The van der Waals surface area contributed by atoms with Crippen LogP contribution >= 0.6 is 7.75 Å². The highest BCUT2D eigenvalue weighted by atomic mass is 31.2. The Bertz CT molecular complexity index is 1210. The summed E-state index contributed by atoms with van der Waals surface area (Å²) < 4.78 is 36.7. The van der Waals surface area contributed by atoms with E-state index in [2.05, 4.69) is 10.1 Å². The molecule has 0 spiro atoms. The topological polar surface area (TPSA) is 184 Å². The van der Waals surface area contributed by atoms with Gasteiger partial charge in [-0.15, -0.1) is 0 Å². The van der Waals surface area contributed by atoms with Crippen LogP contribution in [-0.4, -0.2) is 57.1 Å². The lowest BCUT2D eigenvalue weighted by atomic mass is 9.93. The molecular formula is C22H31N4O9P. The van der Waals surface area contributed by atoms with E-state index in [1.807, 2.05) is 0 Å². The number of hydrogen-bond donors (Lipinski definition) is 4. The Morgan fingerprint density at radius 2 is 1.94 bits per heavy atom. The van der Waals surface area contributed by atoms with Crippen molar-refractivity contribution in [3.63, 3.8) is 0 Å². The maximum absolute atomic E-state index is 13.6. The number of aliphatic hydroxyl groups excluding tert-OH is 1. The van der Waals surface area contributed by atoms with Gasteiger partial charge in [0.05, 0.1) is 18.2 Å². The fourth-order valence-electron chi connectivity index (χ4n) is 3.55. The number of aliphatic hydroxyl groups is 1. The quantitative estimate of drug-likeness (QED) is 0.252. The van der Waals surface area contributed by atoms with Gasteiger partial charge in [-0.25, -0.2) is 9.36 Å². The molecule has 14 heteroatoms. The van der Waals surface area contributed by atoms with Crippen molar-refractivity contribution in [2.24, 2.45) is 5.73 Å². The van der Waals surface area contributed by atoms with Gasteiger partial charge in [0, 0.05) is 12.3 Å². The van der Waals surface area contributed by atoms with E-state index >= 15 is 0 Å². The summed E-state index contributed by atoms with van der Waals surface area (Å²) >= 11 is 0. The lowest BCUT2D eigenvalue weighted by molar-refractivity contribution is -0.149. The van der Waals surface area contributed by atoms with E-state index < -0.39 is 67.7 Å². The number of rotatable bonds is 10. The minimum Gasteiger partial charge on any atom is -0.462 e. The summed E-state index contributed by atoms with van der Waals surface area (Å²) in [6.07, 6.45) is -2.88. The summed E-state index contributed by atoms with van der Waals surface area (Å²) in [7, 11) is -4.22. The maximum atomic E-state index is 13.6. The number of nitrogens with zero attached hydrogens (tertiary/aromatic N) is 1. The molecule has 2 heterocycles. The zero-order valence-corrected chi connectivity index (χ0v) is 21.2. The zero-order valence-electron chi connectivity index (χ0n) is 20.3. The van der Waals surface area contributed by atoms with Gasteiger partial charge in [-0.05, 0) is 39.8 Å². The number of esters is 1. The van der Waals surface area contributed by atoms with Crippen molar-refractivity contribution in [3.05, 3.63) is 63.4 Å². The molecule has 13 nitrogen and oxygen atoms in total. The van der Waals surface area contributed by atoms with Crippen LogP contribution in [0, 0.1) is 0 Å². The fraction of sp³-hybridized carbons (Fsp3) is 0.500. The van der Waals surface area contributed by atoms with Crippen molar-refractivity contribution in [3.8, 4) is 5.75 Å². The van der Waals surface area contributed by atoms with E-state index in [9.17, 15) is 24.1 Å². The third-order valence-corrected chi connectivity index (χ3v) is 7.01.